The van der Waals surface area contributed by atoms with E-state index in [2.05, 4.69) is 53.7 Å². The lowest BCUT2D eigenvalue weighted by molar-refractivity contribution is -0.118. The summed E-state index contributed by atoms with van der Waals surface area (Å²) in [5, 5.41) is 0. The highest BCUT2D eigenvalue weighted by Crippen LogP contribution is 2.48. The fourth-order valence-corrected chi connectivity index (χ4v) is 2.06. The summed E-state index contributed by atoms with van der Waals surface area (Å²) in [5.41, 5.74) is 1.13. The van der Waals surface area contributed by atoms with E-state index in [9.17, 15) is 4.79 Å². The van der Waals surface area contributed by atoms with Crippen molar-refractivity contribution in [3.63, 3.8) is 0 Å². The third-order valence-corrected chi connectivity index (χ3v) is 3.74. The van der Waals surface area contributed by atoms with E-state index < -0.39 is 0 Å². The van der Waals surface area contributed by atoms with E-state index in [1.54, 1.807) is 0 Å². The van der Waals surface area contributed by atoms with E-state index in [0.29, 0.717) is 0 Å². The smallest absolute Gasteiger partial charge is 0.130 e. The summed E-state index contributed by atoms with van der Waals surface area (Å²) in [6.07, 6.45) is 8.24. The van der Waals surface area contributed by atoms with Crippen LogP contribution in [-0.4, -0.2) is 6.29 Å². The molecule has 0 aliphatic heterocycles. The molecule has 90 valence electrons. The molecule has 0 saturated heterocycles. The van der Waals surface area contributed by atoms with Gasteiger partial charge in [-0.1, -0.05) is 65.3 Å². The Morgan fingerprint density at radius 1 is 1.19 bits per heavy atom. The van der Waals surface area contributed by atoms with Crippen LogP contribution in [0.5, 0.6) is 0 Å². The zero-order chi connectivity index (χ0) is 12.6. The molecule has 0 fully saturated rings. The topological polar surface area (TPSA) is 17.1 Å². The summed E-state index contributed by atoms with van der Waals surface area (Å²) in [4.78, 5) is 11.5. The summed E-state index contributed by atoms with van der Waals surface area (Å²) in [6.45, 7) is 13.0. The van der Waals surface area contributed by atoms with Crippen LogP contribution in [0, 0.1) is 16.2 Å². The second kappa shape index (κ2) is 3.87. The molecule has 0 aromatic rings. The summed E-state index contributed by atoms with van der Waals surface area (Å²) >= 11 is 0. The highest BCUT2D eigenvalue weighted by atomic mass is 16.1. The highest BCUT2D eigenvalue weighted by Gasteiger charge is 2.42. The van der Waals surface area contributed by atoms with Gasteiger partial charge in [0.2, 0.25) is 0 Å². The van der Waals surface area contributed by atoms with Crippen LogP contribution >= 0.6 is 0 Å². The van der Waals surface area contributed by atoms with Gasteiger partial charge in [-0.25, -0.2) is 0 Å². The van der Waals surface area contributed by atoms with Crippen LogP contribution in [0.15, 0.2) is 23.8 Å². The predicted molar refractivity (Wildman–Crippen MR) is 69.2 cm³/mol. The van der Waals surface area contributed by atoms with Crippen molar-refractivity contribution in [1.29, 1.82) is 0 Å². The molecule has 0 amide bonds. The van der Waals surface area contributed by atoms with Crippen LogP contribution < -0.4 is 0 Å². The maximum Gasteiger partial charge on any atom is 0.130 e. The molecule has 0 aromatic heterocycles. The second-order valence-corrected chi connectivity index (χ2v) is 6.89. The van der Waals surface area contributed by atoms with E-state index in [1.165, 1.54) is 5.57 Å². The molecular weight excluding hydrogens is 196 g/mol. The van der Waals surface area contributed by atoms with Crippen molar-refractivity contribution in [1.82, 2.24) is 0 Å². The maximum absolute atomic E-state index is 11.5. The third kappa shape index (κ3) is 2.28. The van der Waals surface area contributed by atoms with E-state index in [1.807, 2.05) is 6.08 Å². The summed E-state index contributed by atoms with van der Waals surface area (Å²) in [6, 6.07) is 0. The summed E-state index contributed by atoms with van der Waals surface area (Å²) in [7, 11) is 0. The summed E-state index contributed by atoms with van der Waals surface area (Å²) < 4.78 is 0. The number of carbonyl (C=O) groups is 1. The lowest BCUT2D eigenvalue weighted by Gasteiger charge is -2.42. The second-order valence-electron chi connectivity index (χ2n) is 6.89. The number of hydrogen-bond donors (Lipinski definition) is 0. The van der Waals surface area contributed by atoms with Crippen LogP contribution in [0.25, 0.3) is 0 Å². The first-order valence-corrected chi connectivity index (χ1v) is 5.98. The number of aldehydes is 1. The zero-order valence-corrected chi connectivity index (χ0v) is 11.4. The average molecular weight is 220 g/mol. The molecule has 1 unspecified atom stereocenters. The fraction of sp³-hybridized carbons (Fsp3) is 0.667. The normalized spacial score (nSPS) is 26.5. The van der Waals surface area contributed by atoms with E-state index >= 15 is 0 Å². The van der Waals surface area contributed by atoms with Gasteiger partial charge in [0.25, 0.3) is 0 Å². The van der Waals surface area contributed by atoms with Gasteiger partial charge in [0, 0.05) is 0 Å². The van der Waals surface area contributed by atoms with Gasteiger partial charge in [0.1, 0.15) is 6.29 Å². The van der Waals surface area contributed by atoms with Gasteiger partial charge >= 0.3 is 0 Å². The third-order valence-electron chi connectivity index (χ3n) is 3.74. The van der Waals surface area contributed by atoms with Gasteiger partial charge in [-0.2, -0.15) is 0 Å². The quantitative estimate of drug-likeness (QED) is 0.607. The van der Waals surface area contributed by atoms with Gasteiger partial charge in [-0.15, -0.1) is 0 Å². The SMILES string of the molecule is CC(C)(C)C1=CC=CC(C=O)(C(C)(C)C)C1. The highest BCUT2D eigenvalue weighted by molar-refractivity contribution is 5.66. The minimum absolute atomic E-state index is 0.0317. The Morgan fingerprint density at radius 2 is 1.75 bits per heavy atom. The number of carbonyl (C=O) groups excluding carboxylic acids is 1. The Kier molecular flexibility index (Phi) is 3.20. The Bertz CT molecular complexity index is 333. The van der Waals surface area contributed by atoms with Crippen molar-refractivity contribution in [3.05, 3.63) is 23.8 Å². The first kappa shape index (κ1) is 13.2. The molecule has 1 aliphatic carbocycles. The van der Waals surface area contributed by atoms with Gasteiger partial charge in [-0.05, 0) is 17.3 Å². The zero-order valence-electron chi connectivity index (χ0n) is 11.4. The van der Waals surface area contributed by atoms with Crippen LogP contribution in [0.2, 0.25) is 0 Å². The van der Waals surface area contributed by atoms with Crippen LogP contribution in [-0.2, 0) is 4.79 Å². The number of allylic oxidation sites excluding steroid dienone is 4. The van der Waals surface area contributed by atoms with Crippen molar-refractivity contribution >= 4 is 6.29 Å². The molecule has 1 aliphatic rings. The lowest BCUT2D eigenvalue weighted by atomic mass is 9.60. The van der Waals surface area contributed by atoms with Crippen LogP contribution in [0.4, 0.5) is 0 Å². The first-order valence-electron chi connectivity index (χ1n) is 5.98. The summed E-state index contributed by atoms with van der Waals surface area (Å²) in [5.74, 6) is 0. The Balaban J connectivity index is 3.11. The molecule has 0 radical (unpaired) electrons. The average Bonchev–Trinajstić information content (AvgIpc) is 2.15. The first-order chi connectivity index (χ1) is 7.12. The Hall–Kier alpha value is -0.850. The standard InChI is InChI=1S/C15H24O/c1-13(2,3)12-8-7-9-15(10-12,11-16)14(4,5)6/h7-9,11H,10H2,1-6H3. The molecular formula is C15H24O. The lowest BCUT2D eigenvalue weighted by Crippen LogP contribution is -2.38. The van der Waals surface area contributed by atoms with E-state index in [-0.39, 0.29) is 16.2 Å². The van der Waals surface area contributed by atoms with Crippen molar-refractivity contribution in [2.24, 2.45) is 16.2 Å². The van der Waals surface area contributed by atoms with E-state index in [4.69, 9.17) is 0 Å². The molecule has 0 saturated carbocycles. The predicted octanol–water partition coefficient (Wildman–Crippen LogP) is 4.15. The van der Waals surface area contributed by atoms with Crippen LogP contribution in [0.1, 0.15) is 48.0 Å². The van der Waals surface area contributed by atoms with Crippen molar-refractivity contribution in [2.45, 2.75) is 48.0 Å². The minimum Gasteiger partial charge on any atom is -0.302 e. The maximum atomic E-state index is 11.5. The Labute approximate surface area is 99.6 Å². The molecule has 0 aromatic carbocycles. The molecule has 0 spiro atoms. The Morgan fingerprint density at radius 3 is 2.12 bits per heavy atom. The molecule has 1 rings (SSSR count). The van der Waals surface area contributed by atoms with Crippen molar-refractivity contribution in [3.8, 4) is 0 Å². The monoisotopic (exact) mass is 220 g/mol. The molecule has 0 heterocycles. The molecule has 0 N–H and O–H groups in total. The number of rotatable bonds is 1. The fourth-order valence-electron chi connectivity index (χ4n) is 2.06. The number of hydrogen-bond acceptors (Lipinski definition) is 1. The van der Waals surface area contributed by atoms with Crippen molar-refractivity contribution in [2.75, 3.05) is 0 Å². The van der Waals surface area contributed by atoms with Crippen molar-refractivity contribution < 1.29 is 4.79 Å². The molecule has 1 nitrogen and oxygen atoms in total. The van der Waals surface area contributed by atoms with Gasteiger partial charge < -0.3 is 4.79 Å². The van der Waals surface area contributed by atoms with Gasteiger partial charge in [-0.3, -0.25) is 0 Å². The van der Waals surface area contributed by atoms with E-state index in [0.717, 1.165) is 12.7 Å². The van der Waals surface area contributed by atoms with Gasteiger partial charge in [0.15, 0.2) is 0 Å². The largest absolute Gasteiger partial charge is 0.302 e. The molecule has 1 heteroatoms. The van der Waals surface area contributed by atoms with Crippen LogP contribution in [0.3, 0.4) is 0 Å². The molecule has 16 heavy (non-hydrogen) atoms. The van der Waals surface area contributed by atoms with Gasteiger partial charge in [0.05, 0.1) is 5.41 Å². The molecule has 1 atom stereocenters. The molecule has 0 bridgehead atoms. The minimum atomic E-state index is -0.343.